The molecule has 0 saturated heterocycles. The zero-order valence-electron chi connectivity index (χ0n) is 30.0. The molecule has 0 fully saturated rings. The molecule has 256 valence electrons. The molecule has 4 atom stereocenters. The fraction of sp³-hybridized carbons (Fsp3) is 0.250. The number of rotatable bonds is 3. The molecule has 0 amide bonds. The predicted molar refractivity (Wildman–Crippen MR) is 217 cm³/mol. The van der Waals surface area contributed by atoms with Gasteiger partial charge in [-0.05, 0) is 104 Å². The van der Waals surface area contributed by atoms with Crippen LogP contribution < -0.4 is 4.90 Å². The van der Waals surface area contributed by atoms with Gasteiger partial charge in [0.2, 0.25) is 5.95 Å². The second-order valence-corrected chi connectivity index (χ2v) is 15.3. The number of hydrogen-bond donors (Lipinski definition) is 0. The van der Waals surface area contributed by atoms with Crippen molar-refractivity contribution >= 4 is 45.6 Å². The van der Waals surface area contributed by atoms with Gasteiger partial charge in [-0.15, -0.1) is 0 Å². The summed E-state index contributed by atoms with van der Waals surface area (Å²) < 4.78 is 2.44. The van der Waals surface area contributed by atoms with E-state index in [1.807, 2.05) is 0 Å². The molecule has 4 heteroatoms. The molecule has 10 rings (SSSR count). The number of benzene rings is 4. The maximum atomic E-state index is 5.64. The second kappa shape index (κ2) is 12.6. The highest BCUT2D eigenvalue weighted by molar-refractivity contribution is 6.09. The summed E-state index contributed by atoms with van der Waals surface area (Å²) in [4.78, 5) is 13.5. The summed E-state index contributed by atoms with van der Waals surface area (Å²) in [5.41, 5.74) is 13.9. The van der Waals surface area contributed by atoms with Crippen molar-refractivity contribution in [3.63, 3.8) is 0 Å². The average Bonchev–Trinajstić information content (AvgIpc) is 3.69. The van der Waals surface area contributed by atoms with Crippen LogP contribution in [0.5, 0.6) is 0 Å². The van der Waals surface area contributed by atoms with Crippen LogP contribution in [0.4, 0.5) is 11.6 Å². The van der Waals surface area contributed by atoms with E-state index in [9.17, 15) is 0 Å². The minimum atomic E-state index is 0.0771. The van der Waals surface area contributed by atoms with Gasteiger partial charge in [-0.25, -0.2) is 9.97 Å². The first-order chi connectivity index (χ1) is 25.6. The van der Waals surface area contributed by atoms with Crippen LogP contribution in [0.3, 0.4) is 0 Å². The molecule has 3 aliphatic carbocycles. The smallest absolute Gasteiger partial charge is 0.231 e. The molecule has 3 heterocycles. The molecule has 4 aromatic carbocycles. The van der Waals surface area contributed by atoms with Crippen LogP contribution in [0, 0.1) is 12.8 Å². The van der Waals surface area contributed by atoms with E-state index in [0.717, 1.165) is 43.7 Å². The lowest BCUT2D eigenvalue weighted by Crippen LogP contribution is -2.32. The quantitative estimate of drug-likeness (QED) is 0.187. The van der Waals surface area contributed by atoms with Crippen LogP contribution in [0.15, 0.2) is 121 Å². The molecule has 4 aliphatic rings. The first-order valence-electron chi connectivity index (χ1n) is 19.2. The van der Waals surface area contributed by atoms with E-state index in [4.69, 9.17) is 9.97 Å². The number of para-hydroxylation sites is 2. The number of allylic oxidation sites excluding steroid dienone is 5. The highest BCUT2D eigenvalue weighted by atomic mass is 15.3. The Morgan fingerprint density at radius 1 is 0.712 bits per heavy atom. The van der Waals surface area contributed by atoms with Crippen LogP contribution >= 0.6 is 0 Å². The van der Waals surface area contributed by atoms with Gasteiger partial charge in [0, 0.05) is 39.5 Å². The molecule has 0 bridgehead atoms. The Balaban J connectivity index is 1.11. The summed E-state index contributed by atoms with van der Waals surface area (Å²) in [5.74, 6) is 1.96. The first kappa shape index (κ1) is 31.3. The average molecular weight is 677 g/mol. The van der Waals surface area contributed by atoms with Crippen molar-refractivity contribution in [1.29, 1.82) is 0 Å². The zero-order valence-corrected chi connectivity index (χ0v) is 30.0. The Morgan fingerprint density at radius 2 is 1.54 bits per heavy atom. The van der Waals surface area contributed by atoms with E-state index in [0.29, 0.717) is 11.8 Å². The van der Waals surface area contributed by atoms with E-state index < -0.39 is 0 Å². The van der Waals surface area contributed by atoms with Crippen LogP contribution in [-0.4, -0.2) is 20.6 Å². The molecule has 0 spiro atoms. The van der Waals surface area contributed by atoms with E-state index >= 15 is 0 Å². The van der Waals surface area contributed by atoms with Crippen molar-refractivity contribution < 1.29 is 0 Å². The summed E-state index contributed by atoms with van der Waals surface area (Å²) in [6.45, 7) is 4.56. The molecule has 2 aromatic heterocycles. The maximum Gasteiger partial charge on any atom is 0.231 e. The molecule has 4 nitrogen and oxygen atoms in total. The number of nitrogens with zero attached hydrogens (tertiary/aromatic N) is 4. The van der Waals surface area contributed by atoms with Crippen molar-refractivity contribution in [3.8, 4) is 5.69 Å². The van der Waals surface area contributed by atoms with Gasteiger partial charge in [0.05, 0.1) is 28.5 Å². The number of hydrogen-bond acceptors (Lipinski definition) is 3. The lowest BCUT2D eigenvalue weighted by molar-refractivity contribution is 0.495. The van der Waals surface area contributed by atoms with Gasteiger partial charge in [-0.1, -0.05) is 110 Å². The number of fused-ring (bicyclic) bond motifs is 9. The molecule has 6 aromatic rings. The lowest BCUT2D eigenvalue weighted by atomic mass is 9.80. The fourth-order valence-corrected chi connectivity index (χ4v) is 9.42. The summed E-state index contributed by atoms with van der Waals surface area (Å²) in [5, 5.41) is 2.57. The van der Waals surface area contributed by atoms with Crippen molar-refractivity contribution in [3.05, 3.63) is 161 Å². The monoisotopic (exact) mass is 676 g/mol. The highest BCUT2D eigenvalue weighted by Gasteiger charge is 2.43. The Kier molecular flexibility index (Phi) is 7.60. The third-order valence-corrected chi connectivity index (χ3v) is 12.0. The third-order valence-electron chi connectivity index (χ3n) is 12.0. The van der Waals surface area contributed by atoms with Gasteiger partial charge in [-0.2, -0.15) is 0 Å². The van der Waals surface area contributed by atoms with E-state index in [2.05, 4.69) is 157 Å². The van der Waals surface area contributed by atoms with E-state index in [1.165, 1.54) is 73.1 Å². The Labute approximate surface area is 306 Å². The summed E-state index contributed by atoms with van der Waals surface area (Å²) in [6.07, 6.45) is 25.0. The molecular formula is C48H44N4. The number of aromatic nitrogens is 3. The van der Waals surface area contributed by atoms with E-state index in [-0.39, 0.29) is 12.0 Å². The van der Waals surface area contributed by atoms with Crippen LogP contribution in [0.1, 0.15) is 90.1 Å². The topological polar surface area (TPSA) is 34.0 Å². The first-order valence-corrected chi connectivity index (χ1v) is 19.2. The fourth-order valence-electron chi connectivity index (χ4n) is 9.42. The molecule has 0 N–H and O–H groups in total. The number of anilines is 2. The predicted octanol–water partition coefficient (Wildman–Crippen LogP) is 11.9. The number of aryl methyl sites for hydroxylation is 1. The van der Waals surface area contributed by atoms with Gasteiger partial charge in [0.25, 0.3) is 0 Å². The standard InChI is InChI=1S/C48H44N4/c1-31-13-5-3-4-6-14-34(23-21-31)47-38-17-7-10-18-41(38)49-48(50-47)52-44-27-22-32(2)29-40(44)46-39-30-35(26-24-33(39)25-28-45(46)52)51-42-19-11-8-15-36(42)37-16-9-12-20-43(37)51/h3-5,8-13,15-16,18-20,22,24-31,34,45-46H,6-7,14,17,21,23H2,1-2H3/b4-3-,13-5-. The van der Waals surface area contributed by atoms with Crippen LogP contribution in [0.25, 0.3) is 39.6 Å². The normalized spacial score (nSPS) is 23.2. The van der Waals surface area contributed by atoms with Gasteiger partial charge in [0.15, 0.2) is 0 Å². The minimum absolute atomic E-state index is 0.0771. The summed E-state index contributed by atoms with van der Waals surface area (Å²) in [7, 11) is 0. The van der Waals surface area contributed by atoms with Gasteiger partial charge < -0.3 is 9.47 Å². The van der Waals surface area contributed by atoms with Gasteiger partial charge in [-0.3, -0.25) is 0 Å². The summed E-state index contributed by atoms with van der Waals surface area (Å²) >= 11 is 0. The van der Waals surface area contributed by atoms with Crippen LogP contribution in [0.2, 0.25) is 0 Å². The second-order valence-electron chi connectivity index (χ2n) is 15.3. The molecule has 1 aliphatic heterocycles. The Bertz CT molecular complexity index is 2440. The van der Waals surface area contributed by atoms with Crippen molar-refractivity contribution in [1.82, 2.24) is 14.5 Å². The molecular weight excluding hydrogens is 633 g/mol. The largest absolute Gasteiger partial charge is 0.309 e. The van der Waals surface area contributed by atoms with Crippen molar-refractivity contribution in [2.45, 2.75) is 70.3 Å². The Hall–Kier alpha value is -5.48. The maximum absolute atomic E-state index is 5.64. The van der Waals surface area contributed by atoms with Crippen molar-refractivity contribution in [2.24, 2.45) is 5.92 Å². The lowest BCUT2D eigenvalue weighted by Gasteiger charge is -2.32. The van der Waals surface area contributed by atoms with E-state index in [1.54, 1.807) is 0 Å². The van der Waals surface area contributed by atoms with Gasteiger partial charge >= 0.3 is 0 Å². The summed E-state index contributed by atoms with van der Waals surface area (Å²) in [6, 6.07) is 31.7. The van der Waals surface area contributed by atoms with Crippen LogP contribution in [-0.2, 0) is 6.42 Å². The SMILES string of the molecule is Cc1ccc2c(c1)C1c3cc(-n4c5ccccc5c5ccccc54)ccc3C=CC1N2c1nc2c(c(C3CC/C=C\C=C/C(C)CC3)n1)CCC=C2. The Morgan fingerprint density at radius 3 is 2.38 bits per heavy atom. The molecule has 4 unspecified atom stereocenters. The third kappa shape index (κ3) is 5.10. The molecule has 0 radical (unpaired) electrons. The zero-order chi connectivity index (χ0) is 34.8. The highest BCUT2D eigenvalue weighted by Crippen LogP contribution is 2.52. The minimum Gasteiger partial charge on any atom is -0.309 e. The molecule has 52 heavy (non-hydrogen) atoms. The van der Waals surface area contributed by atoms with Gasteiger partial charge in [0.1, 0.15) is 0 Å². The molecule has 0 saturated carbocycles. The van der Waals surface area contributed by atoms with Crippen molar-refractivity contribution in [2.75, 3.05) is 4.90 Å².